The van der Waals surface area contributed by atoms with Crippen molar-refractivity contribution in [1.29, 1.82) is 0 Å². The summed E-state index contributed by atoms with van der Waals surface area (Å²) in [5, 5.41) is 7.92. The van der Waals surface area contributed by atoms with Crippen LogP contribution in [0.25, 0.3) is 0 Å². The van der Waals surface area contributed by atoms with E-state index in [1.54, 1.807) is 6.92 Å². The second kappa shape index (κ2) is 4.57. The number of aromatic nitrogens is 2. The number of aryl methyl sites for hydroxylation is 1. The fraction of sp³-hybridized carbons (Fsp3) is 0.167. The number of hydrogen-bond donors (Lipinski definition) is 0. The van der Waals surface area contributed by atoms with Crippen molar-refractivity contribution in [2.45, 2.75) is 13.5 Å². The van der Waals surface area contributed by atoms with Gasteiger partial charge in [-0.05, 0) is 12.1 Å². The number of ketones is 1. The van der Waals surface area contributed by atoms with Crippen LogP contribution in [0.2, 0.25) is 10.0 Å². The summed E-state index contributed by atoms with van der Waals surface area (Å²) in [7, 11) is 0. The number of Topliss-reactive ketones (excluding diaryl/α,β-unsaturated/α-hetero) is 1. The minimum absolute atomic E-state index is 0.0293. The molecule has 6 nitrogen and oxygen atoms in total. The van der Waals surface area contributed by atoms with E-state index >= 15 is 0 Å². The molecular weight excluding hydrogens is 305 g/mol. The fourth-order valence-corrected chi connectivity index (χ4v) is 2.54. The lowest BCUT2D eigenvalue weighted by molar-refractivity contribution is -0.114. The van der Waals surface area contributed by atoms with E-state index in [0.717, 1.165) is 0 Å². The summed E-state index contributed by atoms with van der Waals surface area (Å²) < 4.78 is 5.21. The van der Waals surface area contributed by atoms with Gasteiger partial charge >= 0.3 is 0 Å². The Morgan fingerprint density at radius 1 is 1.20 bits per heavy atom. The third kappa shape index (κ3) is 1.88. The van der Waals surface area contributed by atoms with E-state index in [1.165, 1.54) is 17.0 Å². The smallest absolute Gasteiger partial charge is 0.300 e. The van der Waals surface area contributed by atoms with Crippen LogP contribution < -0.4 is 4.90 Å². The molecule has 20 heavy (non-hydrogen) atoms. The molecule has 102 valence electrons. The van der Waals surface area contributed by atoms with Gasteiger partial charge in [-0.25, -0.2) is 0 Å². The van der Waals surface area contributed by atoms with Gasteiger partial charge in [-0.1, -0.05) is 23.2 Å². The zero-order valence-electron chi connectivity index (χ0n) is 10.2. The van der Waals surface area contributed by atoms with Crippen molar-refractivity contribution in [3.63, 3.8) is 0 Å². The van der Waals surface area contributed by atoms with Gasteiger partial charge in [-0.2, -0.15) is 0 Å². The van der Waals surface area contributed by atoms with Crippen LogP contribution in [0.4, 0.5) is 5.69 Å². The second-order valence-corrected chi connectivity index (χ2v) is 5.00. The molecule has 0 fully saturated rings. The molecule has 0 atom stereocenters. The number of carbonyl (C=O) groups excluding carboxylic acids is 2. The van der Waals surface area contributed by atoms with E-state index in [1.807, 2.05) is 0 Å². The summed E-state index contributed by atoms with van der Waals surface area (Å²) in [6, 6.07) is 3.01. The van der Waals surface area contributed by atoms with Crippen LogP contribution in [0.5, 0.6) is 0 Å². The van der Waals surface area contributed by atoms with Crippen LogP contribution in [-0.4, -0.2) is 21.9 Å². The summed E-state index contributed by atoms with van der Waals surface area (Å²) in [4.78, 5) is 25.2. The molecular formula is C12H7Cl2N3O3. The number of carbonyl (C=O) groups is 2. The van der Waals surface area contributed by atoms with Crippen LogP contribution in [0, 0.1) is 6.92 Å². The lowest BCUT2D eigenvalue weighted by atomic mass is 10.1. The summed E-state index contributed by atoms with van der Waals surface area (Å²) in [5.41, 5.74) is 0.394. The topological polar surface area (TPSA) is 76.3 Å². The normalized spacial score (nSPS) is 14.1. The van der Waals surface area contributed by atoms with E-state index in [9.17, 15) is 9.59 Å². The first-order chi connectivity index (χ1) is 9.49. The second-order valence-electron chi connectivity index (χ2n) is 4.19. The molecule has 0 bridgehead atoms. The molecule has 0 saturated heterocycles. The van der Waals surface area contributed by atoms with Gasteiger partial charge in [-0.3, -0.25) is 14.5 Å². The van der Waals surface area contributed by atoms with Crippen LogP contribution >= 0.6 is 23.2 Å². The van der Waals surface area contributed by atoms with Gasteiger partial charge < -0.3 is 4.42 Å². The van der Waals surface area contributed by atoms with E-state index in [2.05, 4.69) is 10.2 Å². The largest absolute Gasteiger partial charge is 0.424 e. The van der Waals surface area contributed by atoms with Gasteiger partial charge in [0.1, 0.15) is 6.54 Å². The Morgan fingerprint density at radius 2 is 1.90 bits per heavy atom. The maximum absolute atomic E-state index is 12.0. The first-order valence-corrected chi connectivity index (χ1v) is 6.38. The lowest BCUT2D eigenvalue weighted by Gasteiger charge is -2.15. The van der Waals surface area contributed by atoms with Crippen LogP contribution in [0.1, 0.15) is 22.1 Å². The Bertz CT molecular complexity index is 742. The van der Waals surface area contributed by atoms with Crippen LogP contribution in [-0.2, 0) is 11.3 Å². The zero-order valence-corrected chi connectivity index (χ0v) is 11.7. The van der Waals surface area contributed by atoms with Crippen molar-refractivity contribution in [1.82, 2.24) is 10.2 Å². The fourth-order valence-electron chi connectivity index (χ4n) is 2.04. The van der Waals surface area contributed by atoms with Gasteiger partial charge in [0.25, 0.3) is 11.7 Å². The third-order valence-corrected chi connectivity index (χ3v) is 3.50. The molecule has 3 rings (SSSR count). The average Bonchev–Trinajstić information content (AvgIpc) is 2.92. The molecule has 0 radical (unpaired) electrons. The quantitative estimate of drug-likeness (QED) is 0.796. The van der Waals surface area contributed by atoms with Gasteiger partial charge in [0.2, 0.25) is 11.8 Å². The standard InChI is InChI=1S/C12H7Cl2N3O3/c1-5-15-16-8(20-5)4-17-10-7(14)3-2-6(13)9(10)11(18)12(17)19/h2-3H,4H2,1H3. The number of nitrogens with zero attached hydrogens (tertiary/aromatic N) is 3. The SMILES string of the molecule is Cc1nnc(CN2C(=O)C(=O)c3c(Cl)ccc(Cl)c32)o1. The molecule has 1 aromatic heterocycles. The van der Waals surface area contributed by atoms with Gasteiger partial charge in [0.15, 0.2) is 0 Å². The number of benzene rings is 1. The molecule has 0 N–H and O–H groups in total. The van der Waals surface area contributed by atoms with E-state index in [-0.39, 0.29) is 33.7 Å². The van der Waals surface area contributed by atoms with Gasteiger partial charge in [0.05, 0.1) is 21.3 Å². The maximum Gasteiger partial charge on any atom is 0.300 e. The first-order valence-electron chi connectivity index (χ1n) is 5.62. The molecule has 1 amide bonds. The molecule has 2 heterocycles. The molecule has 1 aliphatic rings. The number of anilines is 1. The third-order valence-electron chi connectivity index (χ3n) is 2.88. The molecule has 0 aliphatic carbocycles. The average molecular weight is 312 g/mol. The van der Waals surface area contributed by atoms with Gasteiger partial charge in [0, 0.05) is 6.92 Å². The highest BCUT2D eigenvalue weighted by Gasteiger charge is 2.40. The zero-order chi connectivity index (χ0) is 14.4. The summed E-state index contributed by atoms with van der Waals surface area (Å²) in [6.45, 7) is 1.60. The predicted octanol–water partition coefficient (Wildman–Crippen LogP) is 2.41. The van der Waals surface area contributed by atoms with Crippen molar-refractivity contribution in [2.24, 2.45) is 0 Å². The predicted molar refractivity (Wildman–Crippen MR) is 71.0 cm³/mol. The van der Waals surface area contributed by atoms with Crippen molar-refractivity contribution in [2.75, 3.05) is 4.90 Å². The summed E-state index contributed by atoms with van der Waals surface area (Å²) in [5.74, 6) is -0.822. The molecule has 1 aromatic carbocycles. The molecule has 2 aromatic rings. The summed E-state index contributed by atoms with van der Waals surface area (Å²) >= 11 is 12.0. The van der Waals surface area contributed by atoms with Crippen molar-refractivity contribution >= 4 is 40.6 Å². The highest BCUT2D eigenvalue weighted by Crippen LogP contribution is 2.40. The monoisotopic (exact) mass is 311 g/mol. The minimum Gasteiger partial charge on any atom is -0.424 e. The molecule has 0 unspecified atom stereocenters. The Labute approximate surface area is 123 Å². The molecule has 8 heteroatoms. The molecule has 0 saturated carbocycles. The lowest BCUT2D eigenvalue weighted by Crippen LogP contribution is -2.29. The Hall–Kier alpha value is -1.92. The Morgan fingerprint density at radius 3 is 2.55 bits per heavy atom. The minimum atomic E-state index is -0.717. The van der Waals surface area contributed by atoms with Crippen molar-refractivity contribution < 1.29 is 14.0 Å². The Kier molecular flexibility index (Phi) is 2.99. The van der Waals surface area contributed by atoms with Crippen LogP contribution in [0.3, 0.4) is 0 Å². The number of amides is 1. The first kappa shape index (κ1) is 13.1. The van der Waals surface area contributed by atoms with Crippen molar-refractivity contribution in [3.05, 3.63) is 39.5 Å². The molecule has 1 aliphatic heterocycles. The van der Waals surface area contributed by atoms with Crippen LogP contribution in [0.15, 0.2) is 16.5 Å². The number of hydrogen-bond acceptors (Lipinski definition) is 5. The number of halogens is 2. The number of rotatable bonds is 2. The van der Waals surface area contributed by atoms with E-state index in [4.69, 9.17) is 27.6 Å². The van der Waals surface area contributed by atoms with E-state index < -0.39 is 11.7 Å². The summed E-state index contributed by atoms with van der Waals surface area (Å²) in [6.07, 6.45) is 0. The van der Waals surface area contributed by atoms with E-state index in [0.29, 0.717) is 5.89 Å². The Balaban J connectivity index is 2.08. The molecule has 0 spiro atoms. The highest BCUT2D eigenvalue weighted by molar-refractivity contribution is 6.56. The van der Waals surface area contributed by atoms with Crippen molar-refractivity contribution in [3.8, 4) is 0 Å². The number of fused-ring (bicyclic) bond motifs is 1. The highest BCUT2D eigenvalue weighted by atomic mass is 35.5. The van der Waals surface area contributed by atoms with Gasteiger partial charge in [-0.15, -0.1) is 10.2 Å². The maximum atomic E-state index is 12.0.